The summed E-state index contributed by atoms with van der Waals surface area (Å²) in [6.45, 7) is 2.93. The summed E-state index contributed by atoms with van der Waals surface area (Å²) in [6, 6.07) is 0. The van der Waals surface area contributed by atoms with E-state index in [1.165, 1.54) is 51.4 Å². The predicted octanol–water partition coefficient (Wildman–Crippen LogP) is 7.48. The molecule has 0 bridgehead atoms. The van der Waals surface area contributed by atoms with E-state index < -0.39 is 26.5 Å². The van der Waals surface area contributed by atoms with Gasteiger partial charge in [-0.1, -0.05) is 102 Å². The first kappa shape index (κ1) is 40.2. The molecule has 42 heavy (non-hydrogen) atoms. The van der Waals surface area contributed by atoms with Gasteiger partial charge in [-0.15, -0.1) is 0 Å². The molecule has 0 aromatic rings. The summed E-state index contributed by atoms with van der Waals surface area (Å²) >= 11 is 0. The molecule has 9 nitrogen and oxygen atoms in total. The number of aliphatic hydroxyl groups excluding tert-OH is 1. The molecule has 10 heteroatoms. The maximum Gasteiger partial charge on any atom is 0.472 e. The zero-order valence-electron chi connectivity index (χ0n) is 26.2. The van der Waals surface area contributed by atoms with Crippen molar-refractivity contribution in [3.05, 3.63) is 36.5 Å². The Bertz CT molecular complexity index is 799. The first-order valence-electron chi connectivity index (χ1n) is 16.0. The maximum absolute atomic E-state index is 11.9. The number of unbranched alkanes of at least 4 members (excludes halogenated alkanes) is 11. The minimum absolute atomic E-state index is 0.0646. The molecule has 0 saturated heterocycles. The number of rotatable bonds is 29. The standard InChI is InChI=1S/C32H58NO8P/c1-3-5-6-7-8-9-10-11-12-13-14-15-16-17-18-19-20-21-22-23-24-25-32(36)39-28-30(34)29-41-42(37,38)40-27-26-33-31(35)4-2/h8-9,11-12,14-15,30,34H,3-7,10,13,16-29H2,1-2H3,(H,33,35)(H,37,38)/b9-8-,12-11-,15-14-. The van der Waals surface area contributed by atoms with Gasteiger partial charge in [-0.2, -0.15) is 0 Å². The molecule has 0 aliphatic heterocycles. The van der Waals surface area contributed by atoms with Crippen molar-refractivity contribution >= 4 is 19.7 Å². The lowest BCUT2D eigenvalue weighted by molar-refractivity contribution is -0.147. The number of phosphoric ester groups is 1. The molecule has 0 aliphatic carbocycles. The lowest BCUT2D eigenvalue weighted by Crippen LogP contribution is -2.26. The van der Waals surface area contributed by atoms with E-state index in [-0.39, 0.29) is 32.1 Å². The summed E-state index contributed by atoms with van der Waals surface area (Å²) in [7, 11) is -4.37. The van der Waals surface area contributed by atoms with Gasteiger partial charge in [-0.3, -0.25) is 18.6 Å². The fourth-order valence-electron chi connectivity index (χ4n) is 3.89. The van der Waals surface area contributed by atoms with Gasteiger partial charge in [-0.25, -0.2) is 4.57 Å². The minimum atomic E-state index is -4.37. The maximum atomic E-state index is 11.9. The minimum Gasteiger partial charge on any atom is -0.463 e. The van der Waals surface area contributed by atoms with Crippen molar-refractivity contribution in [2.75, 3.05) is 26.4 Å². The Balaban J connectivity index is 3.55. The van der Waals surface area contributed by atoms with Crippen LogP contribution in [0.25, 0.3) is 0 Å². The van der Waals surface area contributed by atoms with Crippen LogP contribution in [-0.4, -0.2) is 54.3 Å². The lowest BCUT2D eigenvalue weighted by Gasteiger charge is -2.15. The topological polar surface area (TPSA) is 131 Å². The number of aliphatic hydroxyl groups is 1. The zero-order chi connectivity index (χ0) is 31.2. The van der Waals surface area contributed by atoms with E-state index in [2.05, 4.69) is 48.7 Å². The van der Waals surface area contributed by atoms with Crippen molar-refractivity contribution in [3.8, 4) is 0 Å². The summed E-state index contributed by atoms with van der Waals surface area (Å²) in [6.07, 6.45) is 30.0. The molecule has 1 amide bonds. The molecular formula is C32H58NO8P. The van der Waals surface area contributed by atoms with E-state index in [1.807, 2.05) is 0 Å². The van der Waals surface area contributed by atoms with Gasteiger partial charge in [0.25, 0.3) is 0 Å². The van der Waals surface area contributed by atoms with Crippen LogP contribution >= 0.6 is 7.82 Å². The molecule has 2 atom stereocenters. The molecule has 0 aromatic heterocycles. The number of ether oxygens (including phenoxy) is 1. The molecule has 0 rings (SSSR count). The lowest BCUT2D eigenvalue weighted by atomic mass is 10.1. The van der Waals surface area contributed by atoms with Gasteiger partial charge in [0, 0.05) is 19.4 Å². The average molecular weight is 616 g/mol. The van der Waals surface area contributed by atoms with Crippen molar-refractivity contribution in [1.82, 2.24) is 5.32 Å². The number of amides is 1. The van der Waals surface area contributed by atoms with Crippen LogP contribution in [0.3, 0.4) is 0 Å². The second-order valence-corrected chi connectivity index (χ2v) is 11.8. The van der Waals surface area contributed by atoms with Crippen molar-refractivity contribution < 1.29 is 37.9 Å². The third-order valence-electron chi connectivity index (χ3n) is 6.39. The summed E-state index contributed by atoms with van der Waals surface area (Å²) < 4.78 is 26.2. The largest absolute Gasteiger partial charge is 0.472 e. The number of hydrogen-bond acceptors (Lipinski definition) is 7. The van der Waals surface area contributed by atoms with Gasteiger partial charge in [0.05, 0.1) is 13.2 Å². The summed E-state index contributed by atoms with van der Waals surface area (Å²) in [5, 5.41) is 12.3. The highest BCUT2D eigenvalue weighted by Crippen LogP contribution is 2.42. The molecule has 0 aromatic carbocycles. The average Bonchev–Trinajstić information content (AvgIpc) is 2.97. The van der Waals surface area contributed by atoms with Crippen molar-refractivity contribution in [1.29, 1.82) is 0 Å². The van der Waals surface area contributed by atoms with Crippen LogP contribution in [0.15, 0.2) is 36.5 Å². The van der Waals surface area contributed by atoms with Gasteiger partial charge < -0.3 is 20.1 Å². The van der Waals surface area contributed by atoms with E-state index in [4.69, 9.17) is 13.8 Å². The number of allylic oxidation sites excluding steroid dienone is 6. The molecule has 0 spiro atoms. The van der Waals surface area contributed by atoms with Crippen molar-refractivity contribution in [3.63, 3.8) is 0 Å². The van der Waals surface area contributed by atoms with Crippen LogP contribution < -0.4 is 5.32 Å². The van der Waals surface area contributed by atoms with Crippen LogP contribution in [0.2, 0.25) is 0 Å². The summed E-state index contributed by atoms with van der Waals surface area (Å²) in [4.78, 5) is 32.5. The second kappa shape index (κ2) is 29.3. The first-order chi connectivity index (χ1) is 20.3. The number of carbonyl (C=O) groups excluding carboxylic acids is 2. The quantitative estimate of drug-likeness (QED) is 0.0342. The highest BCUT2D eigenvalue weighted by molar-refractivity contribution is 7.47. The number of carbonyl (C=O) groups is 2. The van der Waals surface area contributed by atoms with Crippen LogP contribution in [0.4, 0.5) is 0 Å². The van der Waals surface area contributed by atoms with Crippen molar-refractivity contribution in [2.45, 2.75) is 129 Å². The molecule has 2 unspecified atom stereocenters. The zero-order valence-corrected chi connectivity index (χ0v) is 27.1. The van der Waals surface area contributed by atoms with E-state index in [0.29, 0.717) is 6.42 Å². The van der Waals surface area contributed by atoms with Crippen LogP contribution in [-0.2, 0) is 27.9 Å². The number of esters is 1. The Kier molecular flexibility index (Phi) is 28.1. The molecule has 0 fully saturated rings. The number of phosphoric acid groups is 1. The highest BCUT2D eigenvalue weighted by Gasteiger charge is 2.23. The van der Waals surface area contributed by atoms with Gasteiger partial charge in [0.2, 0.25) is 5.91 Å². The Morgan fingerprint density at radius 1 is 0.762 bits per heavy atom. The number of hydrogen-bond donors (Lipinski definition) is 3. The van der Waals surface area contributed by atoms with Gasteiger partial charge in [-0.05, 0) is 44.9 Å². The highest BCUT2D eigenvalue weighted by atomic mass is 31.2. The van der Waals surface area contributed by atoms with Gasteiger partial charge >= 0.3 is 13.8 Å². The van der Waals surface area contributed by atoms with E-state index >= 15 is 0 Å². The van der Waals surface area contributed by atoms with Crippen LogP contribution in [0.1, 0.15) is 123 Å². The molecule has 0 radical (unpaired) electrons. The number of nitrogens with one attached hydrogen (secondary N) is 1. The summed E-state index contributed by atoms with van der Waals surface area (Å²) in [5.74, 6) is -0.618. The SMILES string of the molecule is CCCCC/C=C\C/C=C\C/C=C\CCCCCCCCCCC(=O)OCC(O)COP(=O)(O)OCCNC(=O)CC. The third-order valence-corrected chi connectivity index (χ3v) is 7.37. The monoisotopic (exact) mass is 615 g/mol. The van der Waals surface area contributed by atoms with Gasteiger partial charge in [0.15, 0.2) is 0 Å². The Morgan fingerprint density at radius 2 is 1.31 bits per heavy atom. The molecule has 0 aliphatic rings. The fraction of sp³-hybridized carbons (Fsp3) is 0.750. The van der Waals surface area contributed by atoms with Crippen molar-refractivity contribution in [2.24, 2.45) is 0 Å². The van der Waals surface area contributed by atoms with Crippen LogP contribution in [0, 0.1) is 0 Å². The van der Waals surface area contributed by atoms with E-state index in [0.717, 1.165) is 44.9 Å². The Labute approximate surface area is 254 Å². The fourth-order valence-corrected chi connectivity index (χ4v) is 4.64. The first-order valence-corrected chi connectivity index (χ1v) is 17.5. The summed E-state index contributed by atoms with van der Waals surface area (Å²) in [5.41, 5.74) is 0. The van der Waals surface area contributed by atoms with Gasteiger partial charge in [0.1, 0.15) is 12.7 Å². The Hall–Kier alpha value is -1.77. The molecule has 3 N–H and O–H groups in total. The molecule has 0 saturated carbocycles. The van der Waals surface area contributed by atoms with Crippen LogP contribution in [0.5, 0.6) is 0 Å². The van der Waals surface area contributed by atoms with E-state index in [1.54, 1.807) is 6.92 Å². The predicted molar refractivity (Wildman–Crippen MR) is 169 cm³/mol. The normalized spacial score (nSPS) is 14.1. The third kappa shape index (κ3) is 29.7. The Morgan fingerprint density at radius 3 is 1.90 bits per heavy atom. The molecular weight excluding hydrogens is 557 g/mol. The van der Waals surface area contributed by atoms with E-state index in [9.17, 15) is 24.2 Å². The second-order valence-electron chi connectivity index (χ2n) is 10.4. The smallest absolute Gasteiger partial charge is 0.463 e. The molecule has 0 heterocycles. The molecule has 244 valence electrons.